The first-order valence-electron chi connectivity index (χ1n) is 6.75. The van der Waals surface area contributed by atoms with Crippen molar-refractivity contribution in [1.82, 2.24) is 24.1 Å². The number of hydrogen-bond acceptors (Lipinski definition) is 4. The lowest BCUT2D eigenvalue weighted by Crippen LogP contribution is -2.05. The van der Waals surface area contributed by atoms with Crippen LogP contribution in [0.1, 0.15) is 30.4 Å². The fourth-order valence-corrected chi connectivity index (χ4v) is 2.26. The Hall–Kier alpha value is -2.37. The Morgan fingerprint density at radius 1 is 1.35 bits per heavy atom. The lowest BCUT2D eigenvalue weighted by atomic mass is 10.4. The zero-order valence-corrected chi connectivity index (χ0v) is 11.2. The molecule has 6 nitrogen and oxygen atoms in total. The van der Waals surface area contributed by atoms with Crippen LogP contribution in [0, 0.1) is 0 Å². The van der Waals surface area contributed by atoms with Crippen molar-refractivity contribution >= 4 is 5.65 Å². The van der Waals surface area contributed by atoms with E-state index in [1.165, 1.54) is 12.8 Å². The Bertz CT molecular complexity index is 756. The molecule has 3 aromatic rings. The molecule has 6 heteroatoms. The second-order valence-electron chi connectivity index (χ2n) is 5.10. The van der Waals surface area contributed by atoms with Gasteiger partial charge in [0.05, 0.1) is 0 Å². The minimum atomic E-state index is 0.406. The van der Waals surface area contributed by atoms with Crippen LogP contribution in [-0.2, 0) is 13.7 Å². The Labute approximate surface area is 116 Å². The van der Waals surface area contributed by atoms with Gasteiger partial charge in [-0.25, -0.2) is 14.6 Å². The predicted octanol–water partition coefficient (Wildman–Crippen LogP) is 1.92. The molecule has 0 atom stereocenters. The SMILES string of the molecule is Cn1nc(C2CC2)nc1COc1cccn2ccnc12. The van der Waals surface area contributed by atoms with Crippen molar-refractivity contribution < 1.29 is 4.74 Å². The van der Waals surface area contributed by atoms with Gasteiger partial charge in [0.15, 0.2) is 23.0 Å². The van der Waals surface area contributed by atoms with E-state index in [2.05, 4.69) is 15.1 Å². The first-order valence-corrected chi connectivity index (χ1v) is 6.75. The Kier molecular flexibility index (Phi) is 2.48. The molecular weight excluding hydrogens is 254 g/mol. The van der Waals surface area contributed by atoms with Gasteiger partial charge in [0.1, 0.15) is 6.61 Å². The molecule has 3 aromatic heterocycles. The number of aromatic nitrogens is 5. The van der Waals surface area contributed by atoms with Crippen LogP contribution in [0.5, 0.6) is 5.75 Å². The summed E-state index contributed by atoms with van der Waals surface area (Å²) in [6, 6.07) is 3.86. The minimum absolute atomic E-state index is 0.406. The van der Waals surface area contributed by atoms with Crippen LogP contribution in [0.2, 0.25) is 0 Å². The van der Waals surface area contributed by atoms with Gasteiger partial charge in [-0.2, -0.15) is 5.10 Å². The number of rotatable bonds is 4. The number of imidazole rings is 1. The number of ether oxygens (including phenoxy) is 1. The first kappa shape index (κ1) is 11.5. The van der Waals surface area contributed by atoms with E-state index in [-0.39, 0.29) is 0 Å². The number of hydrogen-bond donors (Lipinski definition) is 0. The maximum absolute atomic E-state index is 5.85. The second kappa shape index (κ2) is 4.33. The molecule has 20 heavy (non-hydrogen) atoms. The quantitative estimate of drug-likeness (QED) is 0.726. The van der Waals surface area contributed by atoms with Gasteiger partial charge in [-0.3, -0.25) is 0 Å². The Balaban J connectivity index is 1.56. The maximum Gasteiger partial charge on any atom is 0.179 e. The summed E-state index contributed by atoms with van der Waals surface area (Å²) in [5.74, 6) is 3.12. The number of aryl methyl sites for hydroxylation is 1. The third-order valence-corrected chi connectivity index (χ3v) is 3.55. The van der Waals surface area contributed by atoms with E-state index in [9.17, 15) is 0 Å². The van der Waals surface area contributed by atoms with Crippen LogP contribution in [-0.4, -0.2) is 24.1 Å². The first-order chi connectivity index (χ1) is 9.81. The molecule has 0 amide bonds. The highest BCUT2D eigenvalue weighted by atomic mass is 16.5. The Morgan fingerprint density at radius 3 is 3.10 bits per heavy atom. The molecule has 0 saturated heterocycles. The van der Waals surface area contributed by atoms with Gasteiger partial charge in [0.2, 0.25) is 0 Å². The fraction of sp³-hybridized carbons (Fsp3) is 0.357. The molecule has 1 aliphatic rings. The lowest BCUT2D eigenvalue weighted by molar-refractivity contribution is 0.291. The van der Waals surface area contributed by atoms with Crippen molar-refractivity contribution in [2.45, 2.75) is 25.4 Å². The standard InChI is InChI=1S/C14H15N5O/c1-18-12(16-13(17-18)10-4-5-10)9-20-11-3-2-7-19-8-6-15-14(11)19/h2-3,6-8,10H,4-5,9H2,1H3. The third kappa shape index (κ3) is 1.93. The largest absolute Gasteiger partial charge is 0.482 e. The van der Waals surface area contributed by atoms with E-state index >= 15 is 0 Å². The van der Waals surface area contributed by atoms with Gasteiger partial charge in [-0.15, -0.1) is 0 Å². The van der Waals surface area contributed by atoms with Gasteiger partial charge in [-0.1, -0.05) is 0 Å². The molecule has 0 aliphatic heterocycles. The van der Waals surface area contributed by atoms with Crippen LogP contribution in [0.4, 0.5) is 0 Å². The average molecular weight is 269 g/mol. The molecule has 3 heterocycles. The number of pyridine rings is 1. The van der Waals surface area contributed by atoms with E-state index in [0.29, 0.717) is 12.5 Å². The van der Waals surface area contributed by atoms with E-state index < -0.39 is 0 Å². The molecule has 0 radical (unpaired) electrons. The summed E-state index contributed by atoms with van der Waals surface area (Å²) in [5.41, 5.74) is 0.817. The third-order valence-electron chi connectivity index (χ3n) is 3.55. The summed E-state index contributed by atoms with van der Waals surface area (Å²) in [6.07, 6.45) is 8.02. The predicted molar refractivity (Wildman–Crippen MR) is 72.5 cm³/mol. The Morgan fingerprint density at radius 2 is 2.25 bits per heavy atom. The van der Waals surface area contributed by atoms with Gasteiger partial charge in [0.25, 0.3) is 0 Å². The van der Waals surface area contributed by atoms with Crippen molar-refractivity contribution in [3.63, 3.8) is 0 Å². The maximum atomic E-state index is 5.85. The molecule has 1 fully saturated rings. The van der Waals surface area contributed by atoms with E-state index in [0.717, 1.165) is 23.0 Å². The summed E-state index contributed by atoms with van der Waals surface area (Å²) < 4.78 is 9.59. The molecular formula is C14H15N5O. The summed E-state index contributed by atoms with van der Waals surface area (Å²) in [6.45, 7) is 0.406. The van der Waals surface area contributed by atoms with Crippen molar-refractivity contribution in [2.24, 2.45) is 7.05 Å². The smallest absolute Gasteiger partial charge is 0.179 e. The normalized spacial score (nSPS) is 14.8. The van der Waals surface area contributed by atoms with Crippen molar-refractivity contribution in [2.75, 3.05) is 0 Å². The van der Waals surface area contributed by atoms with Crippen LogP contribution < -0.4 is 4.74 Å². The van der Waals surface area contributed by atoms with Gasteiger partial charge in [-0.05, 0) is 25.0 Å². The average Bonchev–Trinajstić information content (AvgIpc) is 3.07. The topological polar surface area (TPSA) is 57.2 Å². The van der Waals surface area contributed by atoms with Crippen molar-refractivity contribution in [3.05, 3.63) is 42.4 Å². The summed E-state index contributed by atoms with van der Waals surface area (Å²) in [4.78, 5) is 8.85. The fourth-order valence-electron chi connectivity index (χ4n) is 2.26. The molecule has 0 bridgehead atoms. The van der Waals surface area contributed by atoms with Crippen molar-refractivity contribution in [1.29, 1.82) is 0 Å². The van der Waals surface area contributed by atoms with Crippen LogP contribution in [0.3, 0.4) is 0 Å². The minimum Gasteiger partial charge on any atom is -0.482 e. The summed E-state index contributed by atoms with van der Waals surface area (Å²) >= 11 is 0. The molecule has 0 unspecified atom stereocenters. The monoisotopic (exact) mass is 269 g/mol. The molecule has 102 valence electrons. The molecule has 0 aromatic carbocycles. The van der Waals surface area contributed by atoms with Gasteiger partial charge >= 0.3 is 0 Å². The van der Waals surface area contributed by atoms with E-state index in [1.807, 2.05) is 36.0 Å². The summed E-state index contributed by atoms with van der Waals surface area (Å²) in [5, 5.41) is 4.44. The second-order valence-corrected chi connectivity index (χ2v) is 5.10. The molecule has 0 spiro atoms. The molecule has 1 saturated carbocycles. The van der Waals surface area contributed by atoms with Gasteiger partial charge < -0.3 is 9.14 Å². The van der Waals surface area contributed by atoms with E-state index in [4.69, 9.17) is 4.74 Å². The highest BCUT2D eigenvalue weighted by molar-refractivity contribution is 5.53. The van der Waals surface area contributed by atoms with E-state index in [1.54, 1.807) is 10.9 Å². The van der Waals surface area contributed by atoms with Gasteiger partial charge in [0, 0.05) is 31.6 Å². The number of fused-ring (bicyclic) bond motifs is 1. The van der Waals surface area contributed by atoms with Crippen LogP contribution >= 0.6 is 0 Å². The van der Waals surface area contributed by atoms with Crippen LogP contribution in [0.25, 0.3) is 5.65 Å². The molecule has 0 N–H and O–H groups in total. The summed E-state index contributed by atoms with van der Waals surface area (Å²) in [7, 11) is 1.91. The molecule has 1 aliphatic carbocycles. The number of nitrogens with zero attached hydrogens (tertiary/aromatic N) is 5. The zero-order valence-electron chi connectivity index (χ0n) is 11.2. The van der Waals surface area contributed by atoms with Crippen molar-refractivity contribution in [3.8, 4) is 5.75 Å². The highest BCUT2D eigenvalue weighted by Crippen LogP contribution is 2.38. The lowest BCUT2D eigenvalue weighted by Gasteiger charge is -2.06. The van der Waals surface area contributed by atoms with Crippen LogP contribution in [0.15, 0.2) is 30.7 Å². The highest BCUT2D eigenvalue weighted by Gasteiger charge is 2.28. The zero-order chi connectivity index (χ0) is 13.5. The molecule has 4 rings (SSSR count).